The van der Waals surface area contributed by atoms with Gasteiger partial charge in [0.05, 0.1) is 36.0 Å². The minimum atomic E-state index is -4.85. The van der Waals surface area contributed by atoms with E-state index in [-0.39, 0.29) is 17.0 Å². The molecule has 3 rings (SSSR count). The van der Waals surface area contributed by atoms with Crippen LogP contribution in [0.3, 0.4) is 0 Å². The summed E-state index contributed by atoms with van der Waals surface area (Å²) in [6, 6.07) is 5.55. The van der Waals surface area contributed by atoms with Gasteiger partial charge in [-0.05, 0) is 48.7 Å². The van der Waals surface area contributed by atoms with Crippen LogP contribution in [-0.2, 0) is 16.2 Å². The number of rotatable bonds is 7. The topological polar surface area (TPSA) is 166 Å². The molecule has 0 atom stereocenters. The van der Waals surface area contributed by atoms with E-state index < -0.39 is 45.0 Å². The summed E-state index contributed by atoms with van der Waals surface area (Å²) in [4.78, 5) is 27.8. The lowest BCUT2D eigenvalue weighted by Gasteiger charge is -2.18. The zero-order valence-corrected chi connectivity index (χ0v) is 24.1. The summed E-state index contributed by atoms with van der Waals surface area (Å²) in [5, 5.41) is 11.4. The number of halogens is 3. The zero-order valence-electron chi connectivity index (χ0n) is 23.3. The molecule has 0 fully saturated rings. The highest BCUT2D eigenvalue weighted by Crippen LogP contribution is 2.41. The Bertz CT molecular complexity index is 1530. The summed E-state index contributed by atoms with van der Waals surface area (Å²) in [6.45, 7) is 8.83. The van der Waals surface area contributed by atoms with Crippen LogP contribution in [0.2, 0.25) is 0 Å². The van der Waals surface area contributed by atoms with Crippen molar-refractivity contribution in [3.8, 4) is 11.4 Å². The van der Waals surface area contributed by atoms with Gasteiger partial charge >= 0.3 is 12.1 Å². The summed E-state index contributed by atoms with van der Waals surface area (Å²) in [6.07, 6.45) is -1.61. The van der Waals surface area contributed by atoms with Crippen LogP contribution in [0.15, 0.2) is 42.9 Å². The van der Waals surface area contributed by atoms with Crippen LogP contribution < -0.4 is 20.5 Å². The molecule has 2 aromatic carbocycles. The molecule has 0 aliphatic heterocycles. The second kappa shape index (κ2) is 12.6. The average molecular weight is 600 g/mol. The van der Waals surface area contributed by atoms with Crippen LogP contribution in [-0.4, -0.2) is 54.9 Å². The number of alkyl halides is 3. The number of sulfonamides is 1. The third-order valence-corrected chi connectivity index (χ3v) is 5.92. The summed E-state index contributed by atoms with van der Waals surface area (Å²) in [5.41, 5.74) is 4.34. The quantitative estimate of drug-likeness (QED) is 0.308. The first kappa shape index (κ1) is 33.1. The van der Waals surface area contributed by atoms with Gasteiger partial charge in [0.25, 0.3) is 5.91 Å². The van der Waals surface area contributed by atoms with Crippen LogP contribution in [0.5, 0.6) is 5.75 Å². The molecule has 0 saturated carbocycles. The number of nitrogens with zero attached hydrogens (tertiary/aromatic N) is 2. The van der Waals surface area contributed by atoms with Crippen molar-refractivity contribution in [1.29, 1.82) is 0 Å². The van der Waals surface area contributed by atoms with Crippen LogP contribution in [0.4, 0.5) is 24.5 Å². The van der Waals surface area contributed by atoms with Crippen molar-refractivity contribution < 1.29 is 41.0 Å². The predicted molar refractivity (Wildman–Crippen MR) is 148 cm³/mol. The molecule has 0 saturated heterocycles. The smallest absolute Gasteiger partial charge is 0.416 e. The number of benzene rings is 2. The molecule has 41 heavy (non-hydrogen) atoms. The molecule has 3 aromatic rings. The lowest BCUT2D eigenvalue weighted by Crippen LogP contribution is -2.18. The molecule has 1 amide bonds. The number of ether oxygens (including phenoxy) is 1. The van der Waals surface area contributed by atoms with Gasteiger partial charge in [-0.25, -0.2) is 18.2 Å². The Morgan fingerprint density at radius 3 is 2.17 bits per heavy atom. The van der Waals surface area contributed by atoms with Gasteiger partial charge < -0.3 is 25.5 Å². The molecule has 5 N–H and O–H groups in total. The lowest BCUT2D eigenvalue weighted by molar-refractivity contribution is -0.137. The normalized spacial score (nSPS) is 11.8. The Hall–Kier alpha value is -4.11. The minimum absolute atomic E-state index is 0.0215. The number of hydrogen-bond acceptors (Lipinski definition) is 7. The van der Waals surface area contributed by atoms with Crippen LogP contribution in [0.1, 0.15) is 52.7 Å². The number of nitrogens with two attached hydrogens (primary N) is 1. The fourth-order valence-electron chi connectivity index (χ4n) is 3.17. The molecule has 11 nitrogen and oxygen atoms in total. The maximum absolute atomic E-state index is 13.4. The first-order valence-electron chi connectivity index (χ1n) is 11.9. The van der Waals surface area contributed by atoms with Crippen molar-refractivity contribution in [2.75, 3.05) is 29.9 Å². The molecular weight excluding hydrogens is 567 g/mol. The molecule has 224 valence electrons. The van der Waals surface area contributed by atoms with Crippen LogP contribution in [0.25, 0.3) is 5.69 Å². The second-order valence-electron chi connectivity index (χ2n) is 10.2. The highest BCUT2D eigenvalue weighted by molar-refractivity contribution is 7.92. The number of aromatic nitrogens is 2. The van der Waals surface area contributed by atoms with Crippen molar-refractivity contribution >= 4 is 33.3 Å². The molecule has 1 aromatic heterocycles. The number of imidazole rings is 1. The van der Waals surface area contributed by atoms with Crippen LogP contribution in [0, 0.1) is 12.3 Å². The standard InChI is InChI=1S/C21H19F3N4O6S.C5H13N/c1-11-4-5-12(6-17(11)28-9-16(20(30)31)25-10-28)19(29)26-14-7-13(21(22,23)24)8-15(18(14)34-2)27-35(3,32)33;1-5(2,3)4-6/h4-10,27H,1-3H3,(H,26,29)(H,30,31);4,6H2,1-3H3. The third kappa shape index (κ3) is 9.49. The number of methoxy groups -OCH3 is 1. The number of nitrogens with one attached hydrogen (secondary N) is 2. The molecular formula is C26H32F3N5O6S. The summed E-state index contributed by atoms with van der Waals surface area (Å²) in [5.74, 6) is -2.40. The third-order valence-electron chi connectivity index (χ3n) is 5.33. The molecule has 1 heterocycles. The fraction of sp³-hybridized carbons (Fsp3) is 0.346. The Morgan fingerprint density at radius 1 is 1.12 bits per heavy atom. The van der Waals surface area contributed by atoms with Crippen molar-refractivity contribution in [2.24, 2.45) is 11.1 Å². The largest absolute Gasteiger partial charge is 0.492 e. The van der Waals surface area contributed by atoms with Crippen molar-refractivity contribution in [3.63, 3.8) is 0 Å². The molecule has 0 bridgehead atoms. The van der Waals surface area contributed by atoms with Crippen molar-refractivity contribution in [2.45, 2.75) is 33.9 Å². The number of aryl methyl sites for hydroxylation is 1. The number of carboxylic acids is 1. The molecule has 0 aliphatic carbocycles. The highest BCUT2D eigenvalue weighted by atomic mass is 32.2. The number of carbonyl (C=O) groups excluding carboxylic acids is 1. The molecule has 0 radical (unpaired) electrons. The second-order valence-corrected chi connectivity index (χ2v) is 11.9. The first-order chi connectivity index (χ1) is 18.8. The van der Waals surface area contributed by atoms with Gasteiger partial charge in [-0.2, -0.15) is 13.2 Å². The average Bonchev–Trinajstić information content (AvgIpc) is 3.33. The van der Waals surface area contributed by atoms with E-state index in [9.17, 15) is 31.2 Å². The zero-order chi connectivity index (χ0) is 31.3. The van der Waals surface area contributed by atoms with Gasteiger partial charge in [0.2, 0.25) is 10.0 Å². The van der Waals surface area contributed by atoms with Gasteiger partial charge in [0.1, 0.15) is 6.33 Å². The number of amides is 1. The van der Waals surface area contributed by atoms with E-state index in [1.165, 1.54) is 29.2 Å². The summed E-state index contributed by atoms with van der Waals surface area (Å²) < 4.78 is 72.0. The molecule has 0 unspecified atom stereocenters. The number of anilines is 2. The van der Waals surface area contributed by atoms with Gasteiger partial charge in [-0.3, -0.25) is 9.52 Å². The van der Waals surface area contributed by atoms with E-state index in [0.29, 0.717) is 28.8 Å². The Morgan fingerprint density at radius 2 is 1.71 bits per heavy atom. The molecule has 0 spiro atoms. The van der Waals surface area contributed by atoms with E-state index >= 15 is 0 Å². The van der Waals surface area contributed by atoms with E-state index in [4.69, 9.17) is 15.6 Å². The Kier molecular flexibility index (Phi) is 10.2. The summed E-state index contributed by atoms with van der Waals surface area (Å²) in [7, 11) is -2.87. The number of carboxylic acid groups (broad SMARTS) is 1. The van der Waals surface area contributed by atoms with E-state index in [0.717, 1.165) is 19.9 Å². The number of aromatic carboxylic acids is 1. The molecule has 0 aliphatic rings. The monoisotopic (exact) mass is 599 g/mol. The van der Waals surface area contributed by atoms with E-state index in [1.807, 2.05) is 4.72 Å². The van der Waals surface area contributed by atoms with Gasteiger partial charge in [-0.15, -0.1) is 0 Å². The Labute approximate surface area is 235 Å². The van der Waals surface area contributed by atoms with Gasteiger partial charge in [-0.1, -0.05) is 26.8 Å². The predicted octanol–water partition coefficient (Wildman–Crippen LogP) is 4.52. The van der Waals surface area contributed by atoms with Gasteiger partial charge in [0.15, 0.2) is 11.4 Å². The SMILES string of the molecule is CC(C)(C)CN.COc1c(NC(=O)c2ccc(C)c(-n3cnc(C(=O)O)c3)c2)cc(C(F)(F)F)cc1NS(C)(=O)=O. The maximum atomic E-state index is 13.4. The van der Waals surface area contributed by atoms with E-state index in [2.05, 4.69) is 31.1 Å². The maximum Gasteiger partial charge on any atom is 0.416 e. The van der Waals surface area contributed by atoms with E-state index in [1.54, 1.807) is 13.0 Å². The minimum Gasteiger partial charge on any atom is -0.492 e. The van der Waals surface area contributed by atoms with Gasteiger partial charge in [0, 0.05) is 11.8 Å². The van der Waals surface area contributed by atoms with Crippen molar-refractivity contribution in [3.05, 3.63) is 65.2 Å². The van der Waals surface area contributed by atoms with Crippen LogP contribution >= 0.6 is 0 Å². The Balaban J connectivity index is 0.000000883. The fourth-order valence-corrected chi connectivity index (χ4v) is 3.72. The first-order valence-corrected chi connectivity index (χ1v) is 13.8. The highest BCUT2D eigenvalue weighted by Gasteiger charge is 2.33. The number of carbonyl (C=O) groups is 2. The lowest BCUT2D eigenvalue weighted by atomic mass is 9.98. The van der Waals surface area contributed by atoms with Crippen molar-refractivity contribution in [1.82, 2.24) is 9.55 Å². The number of hydrogen-bond donors (Lipinski definition) is 4. The summed E-state index contributed by atoms with van der Waals surface area (Å²) >= 11 is 0. The molecule has 15 heteroatoms.